The first-order valence-electron chi connectivity index (χ1n) is 6.46. The number of hydrogen-bond acceptors (Lipinski definition) is 3. The summed E-state index contributed by atoms with van der Waals surface area (Å²) in [6.45, 7) is 9.12. The molecule has 0 atom stereocenters. The van der Waals surface area contributed by atoms with Gasteiger partial charge in [-0.1, -0.05) is 60.9 Å². The third-order valence-electron chi connectivity index (χ3n) is 2.95. The third kappa shape index (κ3) is 4.18. The maximum atomic E-state index is 4.31. The van der Waals surface area contributed by atoms with Crippen LogP contribution in [0.3, 0.4) is 0 Å². The van der Waals surface area contributed by atoms with Gasteiger partial charge >= 0.3 is 0 Å². The van der Waals surface area contributed by atoms with Gasteiger partial charge in [0.2, 0.25) is 0 Å². The Kier molecular flexibility index (Phi) is 4.42. The lowest BCUT2D eigenvalue weighted by molar-refractivity contribution is 0.949. The van der Waals surface area contributed by atoms with Gasteiger partial charge in [-0.3, -0.25) is 0 Å². The lowest BCUT2D eigenvalue weighted by Crippen LogP contribution is -2.37. The van der Waals surface area contributed by atoms with Gasteiger partial charge in [-0.2, -0.15) is 0 Å². The Balaban J connectivity index is 1.98. The SMILES string of the molecule is Cc1cnc(SCc2ccc([Si](C)(C)C)cc2)nc1. The molecule has 4 heteroatoms. The number of benzene rings is 1. The van der Waals surface area contributed by atoms with Gasteiger partial charge in [-0.15, -0.1) is 0 Å². The first-order valence-corrected chi connectivity index (χ1v) is 10.9. The van der Waals surface area contributed by atoms with Crippen molar-refractivity contribution in [1.29, 1.82) is 0 Å². The Hall–Kier alpha value is -1.13. The van der Waals surface area contributed by atoms with E-state index in [9.17, 15) is 0 Å². The molecule has 1 aromatic carbocycles. The molecule has 0 unspecified atom stereocenters. The molecule has 0 bridgehead atoms. The van der Waals surface area contributed by atoms with Crippen molar-refractivity contribution >= 4 is 25.0 Å². The lowest BCUT2D eigenvalue weighted by Gasteiger charge is -2.16. The summed E-state index contributed by atoms with van der Waals surface area (Å²) in [5.41, 5.74) is 2.43. The lowest BCUT2D eigenvalue weighted by atomic mass is 10.2. The van der Waals surface area contributed by atoms with Crippen molar-refractivity contribution in [3.05, 3.63) is 47.8 Å². The average molecular weight is 288 g/mol. The van der Waals surface area contributed by atoms with Gasteiger partial charge in [0.25, 0.3) is 0 Å². The summed E-state index contributed by atoms with van der Waals surface area (Å²) >= 11 is 1.68. The molecule has 0 saturated carbocycles. The van der Waals surface area contributed by atoms with Gasteiger partial charge in [-0.25, -0.2) is 9.97 Å². The molecule has 0 amide bonds. The molecular formula is C15H20N2SSi. The van der Waals surface area contributed by atoms with Crippen LogP contribution in [0.15, 0.2) is 41.8 Å². The van der Waals surface area contributed by atoms with E-state index in [0.717, 1.165) is 16.5 Å². The van der Waals surface area contributed by atoms with E-state index in [-0.39, 0.29) is 0 Å². The van der Waals surface area contributed by atoms with Crippen LogP contribution in [0, 0.1) is 6.92 Å². The molecule has 0 saturated heterocycles. The summed E-state index contributed by atoms with van der Waals surface area (Å²) in [6, 6.07) is 9.01. The molecule has 0 aliphatic heterocycles. The molecule has 1 heterocycles. The average Bonchev–Trinajstić information content (AvgIpc) is 2.37. The summed E-state index contributed by atoms with van der Waals surface area (Å²) in [7, 11) is -1.18. The summed E-state index contributed by atoms with van der Waals surface area (Å²) in [5, 5.41) is 2.35. The van der Waals surface area contributed by atoms with Crippen LogP contribution in [0.4, 0.5) is 0 Å². The molecule has 100 valence electrons. The zero-order chi connectivity index (χ0) is 13.9. The number of hydrogen-bond donors (Lipinski definition) is 0. The highest BCUT2D eigenvalue weighted by atomic mass is 32.2. The van der Waals surface area contributed by atoms with Crippen molar-refractivity contribution in [3.8, 4) is 0 Å². The van der Waals surface area contributed by atoms with Gasteiger partial charge in [-0.05, 0) is 18.1 Å². The van der Waals surface area contributed by atoms with Crippen LogP contribution < -0.4 is 5.19 Å². The predicted molar refractivity (Wildman–Crippen MR) is 85.8 cm³/mol. The van der Waals surface area contributed by atoms with E-state index in [1.165, 1.54) is 10.8 Å². The number of thioether (sulfide) groups is 1. The van der Waals surface area contributed by atoms with Crippen LogP contribution in [-0.4, -0.2) is 18.0 Å². The molecule has 2 aromatic rings. The van der Waals surface area contributed by atoms with Gasteiger partial charge in [0, 0.05) is 18.1 Å². The Bertz CT molecular complexity index is 530. The van der Waals surface area contributed by atoms with Gasteiger partial charge in [0.15, 0.2) is 5.16 Å². The first kappa shape index (κ1) is 14.3. The molecule has 0 aliphatic rings. The summed E-state index contributed by atoms with van der Waals surface area (Å²) in [4.78, 5) is 8.62. The van der Waals surface area contributed by atoms with Crippen LogP contribution in [0.2, 0.25) is 19.6 Å². The maximum absolute atomic E-state index is 4.31. The highest BCUT2D eigenvalue weighted by Crippen LogP contribution is 2.18. The Morgan fingerprint density at radius 1 is 1.00 bits per heavy atom. The van der Waals surface area contributed by atoms with E-state index < -0.39 is 8.07 Å². The standard InChI is InChI=1S/C15H20N2SSi/c1-12-9-16-15(17-10-12)18-11-13-5-7-14(8-6-13)19(2,3)4/h5-10H,11H2,1-4H3. The van der Waals surface area contributed by atoms with E-state index in [1.54, 1.807) is 11.8 Å². The molecule has 19 heavy (non-hydrogen) atoms. The Morgan fingerprint density at radius 3 is 2.11 bits per heavy atom. The number of rotatable bonds is 4. The van der Waals surface area contributed by atoms with E-state index in [2.05, 4.69) is 53.9 Å². The third-order valence-corrected chi connectivity index (χ3v) is 5.96. The van der Waals surface area contributed by atoms with Crippen LogP contribution >= 0.6 is 11.8 Å². The highest BCUT2D eigenvalue weighted by molar-refractivity contribution is 7.98. The van der Waals surface area contributed by atoms with E-state index in [1.807, 2.05) is 19.3 Å². The molecular weight excluding hydrogens is 268 g/mol. The number of aromatic nitrogens is 2. The van der Waals surface area contributed by atoms with Gasteiger partial charge < -0.3 is 0 Å². The fourth-order valence-electron chi connectivity index (χ4n) is 1.70. The topological polar surface area (TPSA) is 25.8 Å². The van der Waals surface area contributed by atoms with E-state index in [0.29, 0.717) is 0 Å². The van der Waals surface area contributed by atoms with Crippen LogP contribution in [0.5, 0.6) is 0 Å². The normalized spacial score (nSPS) is 11.6. The van der Waals surface area contributed by atoms with Crippen LogP contribution in [0.1, 0.15) is 11.1 Å². The fraction of sp³-hybridized carbons (Fsp3) is 0.333. The summed E-state index contributed by atoms with van der Waals surface area (Å²) in [5.74, 6) is 0.926. The van der Waals surface area contributed by atoms with Crippen molar-refractivity contribution in [2.45, 2.75) is 37.5 Å². The predicted octanol–water partition coefficient (Wildman–Crippen LogP) is 3.62. The van der Waals surface area contributed by atoms with Crippen molar-refractivity contribution in [2.24, 2.45) is 0 Å². The second-order valence-corrected chi connectivity index (χ2v) is 11.8. The quantitative estimate of drug-likeness (QED) is 0.488. The Morgan fingerprint density at radius 2 is 1.58 bits per heavy atom. The molecule has 0 radical (unpaired) electrons. The summed E-state index contributed by atoms with van der Waals surface area (Å²) in [6.07, 6.45) is 3.73. The molecule has 0 fully saturated rings. The van der Waals surface area contributed by atoms with Crippen LogP contribution in [0.25, 0.3) is 0 Å². The minimum absolute atomic E-state index is 0.847. The van der Waals surface area contributed by atoms with E-state index >= 15 is 0 Å². The summed E-state index contributed by atoms with van der Waals surface area (Å²) < 4.78 is 0. The molecule has 2 rings (SSSR count). The van der Waals surface area contributed by atoms with Crippen molar-refractivity contribution in [1.82, 2.24) is 9.97 Å². The number of aryl methyl sites for hydroxylation is 1. The van der Waals surface area contributed by atoms with Crippen molar-refractivity contribution in [2.75, 3.05) is 0 Å². The monoisotopic (exact) mass is 288 g/mol. The molecule has 2 nitrogen and oxygen atoms in total. The van der Waals surface area contributed by atoms with Gasteiger partial charge in [0.05, 0.1) is 8.07 Å². The van der Waals surface area contributed by atoms with E-state index in [4.69, 9.17) is 0 Å². The van der Waals surface area contributed by atoms with Crippen molar-refractivity contribution in [3.63, 3.8) is 0 Å². The molecule has 0 spiro atoms. The maximum Gasteiger partial charge on any atom is 0.187 e. The van der Waals surface area contributed by atoms with Crippen molar-refractivity contribution < 1.29 is 0 Å². The van der Waals surface area contributed by atoms with Crippen LogP contribution in [-0.2, 0) is 5.75 Å². The minimum Gasteiger partial charge on any atom is -0.231 e. The zero-order valence-corrected chi connectivity index (χ0v) is 13.8. The fourth-order valence-corrected chi connectivity index (χ4v) is 3.61. The smallest absolute Gasteiger partial charge is 0.187 e. The largest absolute Gasteiger partial charge is 0.231 e. The molecule has 1 aromatic heterocycles. The highest BCUT2D eigenvalue weighted by Gasteiger charge is 2.15. The molecule has 0 aliphatic carbocycles. The number of nitrogens with zero attached hydrogens (tertiary/aromatic N) is 2. The van der Waals surface area contributed by atoms with Gasteiger partial charge in [0.1, 0.15) is 0 Å². The molecule has 0 N–H and O–H groups in total. The minimum atomic E-state index is -1.18. The second kappa shape index (κ2) is 5.88. The first-order chi connectivity index (χ1) is 8.95. The Labute approximate surface area is 120 Å². The second-order valence-electron chi connectivity index (χ2n) is 5.78. The zero-order valence-electron chi connectivity index (χ0n) is 12.0.